The summed E-state index contributed by atoms with van der Waals surface area (Å²) in [6, 6.07) is -3.16. The standard InChI is InChI=1S/C29H55N7O10/c1-28(41)14-43-27(21(39)24(28)33-2)46-23-18(36-25(40)19(37)5-8-30)11-17(32)22(20(23)38)45-26-16(31)4-3-15(44-26)12-35-13-29(42)6-9-34-10-7-29/h3,16-24,26-27,33-35,37-39,41-42H,4-14,30-32H2,1-2H3,(H,36,40)/t16-,17+,18-,19+,20+,21-,22-,23+,24-,26-,27-,28+/m1/s1. The Morgan fingerprint density at radius 2 is 1.83 bits per heavy atom. The monoisotopic (exact) mass is 661 g/mol. The number of carbonyl (C=O) groups excluding carboxylic acids is 1. The lowest BCUT2D eigenvalue weighted by molar-refractivity contribution is -0.304. The molecule has 266 valence electrons. The third-order valence-corrected chi connectivity index (χ3v) is 9.33. The molecule has 0 spiro atoms. The molecule has 17 heteroatoms. The van der Waals surface area contributed by atoms with E-state index < -0.39 is 84.4 Å². The van der Waals surface area contributed by atoms with E-state index in [0.29, 0.717) is 38.1 Å². The molecule has 3 heterocycles. The van der Waals surface area contributed by atoms with Crippen LogP contribution in [0, 0.1) is 0 Å². The largest absolute Gasteiger partial charge is 0.467 e. The van der Waals surface area contributed by atoms with Gasteiger partial charge in [-0.05, 0) is 71.8 Å². The number of nitrogens with two attached hydrogens (primary N) is 3. The maximum absolute atomic E-state index is 12.8. The minimum absolute atomic E-state index is 0.0198. The van der Waals surface area contributed by atoms with E-state index in [1.54, 1.807) is 7.05 Å². The molecule has 0 aromatic carbocycles. The minimum Gasteiger partial charge on any atom is -0.467 e. The molecule has 17 nitrogen and oxygen atoms in total. The van der Waals surface area contributed by atoms with E-state index in [-0.39, 0.29) is 26.0 Å². The number of hydrogen-bond acceptors (Lipinski definition) is 16. The molecule has 0 radical (unpaired) electrons. The normalized spacial score (nSPS) is 40.4. The molecule has 3 fully saturated rings. The molecule has 3 aliphatic heterocycles. The smallest absolute Gasteiger partial charge is 0.249 e. The van der Waals surface area contributed by atoms with Crippen LogP contribution in [0.5, 0.6) is 0 Å². The van der Waals surface area contributed by atoms with Gasteiger partial charge in [0.2, 0.25) is 12.2 Å². The highest BCUT2D eigenvalue weighted by atomic mass is 16.7. The number of carbonyl (C=O) groups is 1. The van der Waals surface area contributed by atoms with Gasteiger partial charge in [0.05, 0.1) is 36.9 Å². The molecule has 0 bridgehead atoms. The van der Waals surface area contributed by atoms with Crippen LogP contribution in [0.2, 0.25) is 0 Å². The van der Waals surface area contributed by atoms with Crippen molar-refractivity contribution in [3.05, 3.63) is 11.8 Å². The zero-order valence-corrected chi connectivity index (χ0v) is 26.7. The molecule has 15 N–H and O–H groups in total. The predicted molar refractivity (Wildman–Crippen MR) is 165 cm³/mol. The first-order valence-electron chi connectivity index (χ1n) is 16.2. The number of likely N-dealkylation sites (N-methyl/N-ethyl adjacent to an activating group) is 1. The van der Waals surface area contributed by atoms with Gasteiger partial charge < -0.3 is 82.9 Å². The molecule has 1 aliphatic carbocycles. The van der Waals surface area contributed by atoms with Crippen LogP contribution < -0.4 is 38.5 Å². The summed E-state index contributed by atoms with van der Waals surface area (Å²) >= 11 is 0. The fourth-order valence-electron chi connectivity index (χ4n) is 6.57. The van der Waals surface area contributed by atoms with Crippen molar-refractivity contribution in [2.24, 2.45) is 17.2 Å². The van der Waals surface area contributed by atoms with Crippen LogP contribution in [0.4, 0.5) is 0 Å². The number of nitrogens with one attached hydrogen (secondary N) is 4. The Morgan fingerprint density at radius 3 is 2.50 bits per heavy atom. The fourth-order valence-corrected chi connectivity index (χ4v) is 6.57. The van der Waals surface area contributed by atoms with Gasteiger partial charge in [0.25, 0.3) is 0 Å². The molecule has 1 amide bonds. The Balaban J connectivity index is 1.45. The minimum atomic E-state index is -1.47. The lowest BCUT2D eigenvalue weighted by Gasteiger charge is -2.49. The van der Waals surface area contributed by atoms with Gasteiger partial charge >= 0.3 is 0 Å². The van der Waals surface area contributed by atoms with Crippen molar-refractivity contribution in [3.63, 3.8) is 0 Å². The van der Waals surface area contributed by atoms with Gasteiger partial charge in [-0.2, -0.15) is 0 Å². The lowest BCUT2D eigenvalue weighted by atomic mass is 9.83. The summed E-state index contributed by atoms with van der Waals surface area (Å²) in [6.07, 6.45) is -5.15. The predicted octanol–water partition coefficient (Wildman–Crippen LogP) is -5.24. The second-order valence-electron chi connectivity index (χ2n) is 13.2. The number of aliphatic hydroxyl groups excluding tert-OH is 3. The second-order valence-corrected chi connectivity index (χ2v) is 13.2. The van der Waals surface area contributed by atoms with Crippen molar-refractivity contribution in [1.29, 1.82) is 0 Å². The summed E-state index contributed by atoms with van der Waals surface area (Å²) < 4.78 is 24.0. The van der Waals surface area contributed by atoms with Crippen LogP contribution in [-0.4, -0.2) is 156 Å². The van der Waals surface area contributed by atoms with Gasteiger partial charge in [0.15, 0.2) is 6.29 Å². The Labute approximate surface area is 269 Å². The molecule has 46 heavy (non-hydrogen) atoms. The highest BCUT2D eigenvalue weighted by molar-refractivity contribution is 5.80. The lowest BCUT2D eigenvalue weighted by Crippen LogP contribution is -2.69. The SMILES string of the molecule is CN[C@@H]1[C@@H](O)[C@@H](O[C@@H]2[C@@H](O)[C@H](O[C@H]3OC(CNCC4(O)CCNCC4)=CC[C@H]3N)[C@@H](N)C[C@H]2NC(=O)[C@@H](O)CCN)OC[C@]1(C)O. The molecule has 0 aromatic rings. The summed E-state index contributed by atoms with van der Waals surface area (Å²) in [5.74, 6) is -0.156. The Kier molecular flexibility index (Phi) is 13.2. The first-order valence-corrected chi connectivity index (χ1v) is 16.2. The quantitative estimate of drug-likeness (QED) is 0.0878. The van der Waals surface area contributed by atoms with Crippen LogP contribution in [0.1, 0.15) is 39.0 Å². The van der Waals surface area contributed by atoms with E-state index in [2.05, 4.69) is 21.3 Å². The van der Waals surface area contributed by atoms with Gasteiger partial charge in [0, 0.05) is 12.6 Å². The molecular weight excluding hydrogens is 606 g/mol. The average Bonchev–Trinajstić information content (AvgIpc) is 3.00. The van der Waals surface area contributed by atoms with Crippen molar-refractivity contribution >= 4 is 5.91 Å². The van der Waals surface area contributed by atoms with Crippen molar-refractivity contribution in [2.75, 3.05) is 46.4 Å². The zero-order valence-electron chi connectivity index (χ0n) is 26.7. The van der Waals surface area contributed by atoms with E-state index in [4.69, 9.17) is 36.1 Å². The summed E-state index contributed by atoms with van der Waals surface area (Å²) in [6.45, 7) is 3.63. The van der Waals surface area contributed by atoms with E-state index in [1.807, 2.05) is 6.08 Å². The van der Waals surface area contributed by atoms with Crippen LogP contribution in [0.25, 0.3) is 0 Å². The third kappa shape index (κ3) is 9.12. The highest BCUT2D eigenvalue weighted by Gasteiger charge is 2.52. The summed E-state index contributed by atoms with van der Waals surface area (Å²) in [7, 11) is 1.58. The molecule has 1 saturated carbocycles. The maximum Gasteiger partial charge on any atom is 0.249 e. The number of hydrogen-bond donors (Lipinski definition) is 12. The van der Waals surface area contributed by atoms with E-state index in [0.717, 1.165) is 13.1 Å². The molecule has 2 saturated heterocycles. The zero-order chi connectivity index (χ0) is 33.6. The number of amides is 1. The van der Waals surface area contributed by atoms with E-state index >= 15 is 0 Å². The van der Waals surface area contributed by atoms with Crippen molar-refractivity contribution < 1.29 is 49.3 Å². The summed E-state index contributed by atoms with van der Waals surface area (Å²) in [4.78, 5) is 12.8. The number of ether oxygens (including phenoxy) is 4. The van der Waals surface area contributed by atoms with Crippen LogP contribution in [0.15, 0.2) is 11.8 Å². The highest BCUT2D eigenvalue weighted by Crippen LogP contribution is 2.32. The van der Waals surface area contributed by atoms with Crippen molar-refractivity contribution in [2.45, 2.75) is 117 Å². The molecule has 0 unspecified atom stereocenters. The van der Waals surface area contributed by atoms with Gasteiger partial charge in [-0.15, -0.1) is 0 Å². The molecule has 0 aromatic heterocycles. The topological polar surface area (TPSA) is 281 Å². The average molecular weight is 662 g/mol. The third-order valence-electron chi connectivity index (χ3n) is 9.33. The van der Waals surface area contributed by atoms with Crippen LogP contribution >= 0.6 is 0 Å². The Hall–Kier alpha value is -1.55. The first-order chi connectivity index (χ1) is 21.8. The second kappa shape index (κ2) is 16.2. The van der Waals surface area contributed by atoms with Crippen molar-refractivity contribution in [3.8, 4) is 0 Å². The van der Waals surface area contributed by atoms with Gasteiger partial charge in [0.1, 0.15) is 41.9 Å². The Bertz CT molecular complexity index is 1020. The van der Waals surface area contributed by atoms with Crippen molar-refractivity contribution in [1.82, 2.24) is 21.3 Å². The molecule has 12 atom stereocenters. The van der Waals surface area contributed by atoms with Gasteiger partial charge in [-0.3, -0.25) is 4.79 Å². The van der Waals surface area contributed by atoms with Crippen LogP contribution in [-0.2, 0) is 23.7 Å². The number of aliphatic hydroxyl groups is 5. The molecule has 4 rings (SSSR count). The van der Waals surface area contributed by atoms with E-state index in [9.17, 15) is 30.3 Å². The first kappa shape index (κ1) is 37.3. The number of rotatable bonds is 13. The van der Waals surface area contributed by atoms with Gasteiger partial charge in [-0.25, -0.2) is 0 Å². The summed E-state index contributed by atoms with van der Waals surface area (Å²) in [5.41, 5.74) is 16.1. The van der Waals surface area contributed by atoms with E-state index in [1.165, 1.54) is 6.92 Å². The molecular formula is C29H55N7O10. The maximum atomic E-state index is 12.8. The molecule has 4 aliphatic rings. The Morgan fingerprint density at radius 1 is 1.13 bits per heavy atom. The fraction of sp³-hybridized carbons (Fsp3) is 0.897. The summed E-state index contributed by atoms with van der Waals surface area (Å²) in [5, 5.41) is 66.3. The van der Waals surface area contributed by atoms with Crippen LogP contribution in [0.3, 0.4) is 0 Å². The van der Waals surface area contributed by atoms with Gasteiger partial charge in [-0.1, -0.05) is 0 Å². The number of piperidine rings is 1.